The summed E-state index contributed by atoms with van der Waals surface area (Å²) in [6.45, 7) is 14.0. The van der Waals surface area contributed by atoms with E-state index in [-0.39, 0.29) is 16.2 Å². The summed E-state index contributed by atoms with van der Waals surface area (Å²) in [5.74, 6) is 3.31. The van der Waals surface area contributed by atoms with E-state index in [0.29, 0.717) is 29.4 Å². The fourth-order valence-electron chi connectivity index (χ4n) is 23.1. The summed E-state index contributed by atoms with van der Waals surface area (Å²) in [4.78, 5) is 35.6. The summed E-state index contributed by atoms with van der Waals surface area (Å²) in [7, 11) is 0. The van der Waals surface area contributed by atoms with Gasteiger partial charge in [-0.05, 0) is 203 Å². The molecule has 29 rings (SSSR count). The highest BCUT2D eigenvalue weighted by atomic mass is 32.1. The van der Waals surface area contributed by atoms with Crippen molar-refractivity contribution < 1.29 is 0 Å². The summed E-state index contributed by atoms with van der Waals surface area (Å²) in [5, 5.41) is 9.97. The molecule has 0 spiro atoms. The maximum absolute atomic E-state index is 5.36. The molecule has 0 fully saturated rings. The lowest BCUT2D eigenvalue weighted by atomic mass is 9.82. The molecule has 0 saturated heterocycles. The second-order valence-corrected chi connectivity index (χ2v) is 40.9. The highest BCUT2D eigenvalue weighted by Gasteiger charge is 2.40. The van der Waals surface area contributed by atoms with Crippen LogP contribution in [0.25, 0.3) is 238 Å². The normalized spacial score (nSPS) is 13.2. The molecule has 7 aromatic heterocycles. The van der Waals surface area contributed by atoms with Crippen molar-refractivity contribution in [3.63, 3.8) is 0 Å². The van der Waals surface area contributed by atoms with E-state index in [2.05, 4.69) is 443 Å². The quantitative estimate of drug-likeness (QED) is 0.120. The van der Waals surface area contributed by atoms with E-state index < -0.39 is 0 Å². The summed E-state index contributed by atoms with van der Waals surface area (Å²) in [6, 6.07) is 162. The standard InChI is InChI=1S/C49H35N3.C43H29N3S.C42H30N4/c1-49(2)42-19-11-9-17-38(42)40-29-41-39-18-10-12-20-46(39)52(47(41)30-43(40)49)48-50-44(36-25-21-34(22-26-36)32-13-5-3-6-14-32)31-45(51-48)37-27-23-35(24-28-37)33-15-7-4-8-16-33;1-43(2)35-18-6-3-13-29(35)33-24-34-30-14-4-7-19-38(30)46(39(34)25-36(33)43)42-44-22-21-37(45-42)27-12-9-11-26(23-27)28-16-10-17-32-31-15-5-8-20-40(31)47-41(28)32;1-42(2)35-19-11-9-17-31(35)33-25-34-32-18-10-12-20-37(32)46(38(34)26-36(33)42)30-23-21-29(22-24-30)41-44-39(27-13-5-3-6-14-27)43-40(45-41)28-15-7-4-8-16-28/h3-31H,1-2H3;3-25H,1-2H3;3-26H,1-2H3. The summed E-state index contributed by atoms with van der Waals surface area (Å²) < 4.78 is 9.54. The molecule has 686 valence electrons. The van der Waals surface area contributed by atoms with Crippen LogP contribution in [0.15, 0.2) is 461 Å². The molecule has 11 heteroatoms. The second-order valence-electron chi connectivity index (χ2n) is 39.8. The molecule has 0 bridgehead atoms. The Kier molecular flexibility index (Phi) is 20.3. The predicted molar refractivity (Wildman–Crippen MR) is 601 cm³/mol. The monoisotopic (exact) mass is 1870 g/mol. The van der Waals surface area contributed by atoms with Gasteiger partial charge in [0.15, 0.2) is 17.5 Å². The number of aromatic nitrogens is 10. The van der Waals surface area contributed by atoms with E-state index in [1.54, 1.807) is 0 Å². The maximum Gasteiger partial charge on any atom is 0.235 e. The van der Waals surface area contributed by atoms with Crippen LogP contribution < -0.4 is 0 Å². The van der Waals surface area contributed by atoms with E-state index in [4.69, 9.17) is 34.9 Å². The number of nitrogens with zero attached hydrogens (tertiary/aromatic N) is 10. The van der Waals surface area contributed by atoms with E-state index in [1.165, 1.54) is 164 Å². The molecule has 10 nitrogen and oxygen atoms in total. The van der Waals surface area contributed by atoms with Crippen LogP contribution >= 0.6 is 11.3 Å². The maximum atomic E-state index is 5.36. The van der Waals surface area contributed by atoms with Gasteiger partial charge in [-0.2, -0.15) is 0 Å². The Morgan fingerprint density at radius 2 is 0.524 bits per heavy atom. The molecule has 0 unspecified atom stereocenters. The predicted octanol–water partition coefficient (Wildman–Crippen LogP) is 34.4. The lowest BCUT2D eigenvalue weighted by Crippen LogP contribution is -2.15. The molecule has 0 atom stereocenters. The lowest BCUT2D eigenvalue weighted by molar-refractivity contribution is 0.661. The lowest BCUT2D eigenvalue weighted by Gasteiger charge is -2.21. The van der Waals surface area contributed by atoms with Gasteiger partial charge in [0.05, 0.1) is 50.2 Å². The Morgan fingerprint density at radius 1 is 0.193 bits per heavy atom. The number of thiophene rings is 1. The van der Waals surface area contributed by atoms with Crippen LogP contribution in [0.2, 0.25) is 0 Å². The van der Waals surface area contributed by atoms with Crippen LogP contribution in [0.1, 0.15) is 74.9 Å². The van der Waals surface area contributed by atoms with Crippen LogP contribution in [0.5, 0.6) is 0 Å². The SMILES string of the molecule is CC1(C)c2ccccc2-c2cc3c4ccccc4n(-c4ccc(-c5nc(-c6ccccc6)nc(-c6ccccc6)n5)cc4)c3cc21.CC1(C)c2ccccc2-c2cc3c4ccccc4n(-c4nc(-c5ccc(-c6ccccc6)cc5)cc(-c5ccc(-c6ccccc6)cc5)n4)c3cc21.CC1(C)c2ccccc2-c2cc3c4ccccc4n(-c4nccc(-c5cccc(-c6cccc7c6sc6ccccc67)c5)n4)c3cc21. The number of hydrogen-bond donors (Lipinski definition) is 0. The molecule has 145 heavy (non-hydrogen) atoms. The van der Waals surface area contributed by atoms with Crippen LogP contribution in [0.3, 0.4) is 0 Å². The summed E-state index contributed by atoms with van der Waals surface area (Å²) in [5.41, 5.74) is 39.7. The molecule has 0 saturated carbocycles. The molecule has 0 N–H and O–H groups in total. The molecule has 0 radical (unpaired) electrons. The van der Waals surface area contributed by atoms with Crippen molar-refractivity contribution in [2.75, 3.05) is 0 Å². The second kappa shape index (κ2) is 34.2. The fraction of sp³-hybridized carbons (Fsp3) is 0.0672. The van der Waals surface area contributed by atoms with Crippen LogP contribution in [-0.2, 0) is 16.2 Å². The highest BCUT2D eigenvalue weighted by Crippen LogP contribution is 2.56. The third kappa shape index (κ3) is 14.4. The van der Waals surface area contributed by atoms with Crippen molar-refractivity contribution in [1.29, 1.82) is 0 Å². The minimum absolute atomic E-state index is 0.0726. The topological polar surface area (TPSA) is 105 Å². The molecule has 3 aliphatic rings. The Labute approximate surface area is 844 Å². The zero-order valence-corrected chi connectivity index (χ0v) is 81.6. The first-order valence-electron chi connectivity index (χ1n) is 49.7. The first-order chi connectivity index (χ1) is 71.1. The van der Waals surface area contributed by atoms with E-state index in [0.717, 1.165) is 78.2 Å². The number of fused-ring (bicyclic) bond motifs is 21. The molecule has 19 aromatic carbocycles. The first-order valence-corrected chi connectivity index (χ1v) is 50.5. The number of hydrogen-bond acceptors (Lipinski definition) is 8. The zero-order chi connectivity index (χ0) is 96.9. The van der Waals surface area contributed by atoms with Crippen molar-refractivity contribution in [2.24, 2.45) is 0 Å². The van der Waals surface area contributed by atoms with Gasteiger partial charge in [-0.1, -0.05) is 393 Å². The average Bonchev–Trinajstić information content (AvgIpc) is 1.55. The Morgan fingerprint density at radius 3 is 0.993 bits per heavy atom. The molecule has 0 amide bonds. The van der Waals surface area contributed by atoms with E-state index in [1.807, 2.05) is 84.3 Å². The minimum Gasteiger partial charge on any atom is -0.309 e. The number of rotatable bonds is 12. The Balaban J connectivity index is 0.000000108. The Bertz CT molecular complexity index is 9530. The average molecular weight is 1880 g/mol. The number of para-hydroxylation sites is 3. The van der Waals surface area contributed by atoms with Crippen molar-refractivity contribution in [2.45, 2.75) is 57.8 Å². The van der Waals surface area contributed by atoms with Crippen molar-refractivity contribution >= 4 is 96.9 Å². The molecule has 7 heterocycles. The van der Waals surface area contributed by atoms with E-state index in [9.17, 15) is 0 Å². The van der Waals surface area contributed by atoms with Crippen LogP contribution in [-0.4, -0.2) is 48.6 Å². The third-order valence-electron chi connectivity index (χ3n) is 30.4. The van der Waals surface area contributed by atoms with Gasteiger partial charge in [0.2, 0.25) is 11.9 Å². The summed E-state index contributed by atoms with van der Waals surface area (Å²) in [6.07, 6.45) is 1.89. The van der Waals surface area contributed by atoms with Crippen LogP contribution in [0.4, 0.5) is 0 Å². The Hall–Kier alpha value is -18.0. The van der Waals surface area contributed by atoms with Gasteiger partial charge in [0.1, 0.15) is 0 Å². The first kappa shape index (κ1) is 86.1. The summed E-state index contributed by atoms with van der Waals surface area (Å²) >= 11 is 1.86. The largest absolute Gasteiger partial charge is 0.309 e. The zero-order valence-electron chi connectivity index (χ0n) is 80.8. The van der Waals surface area contributed by atoms with Gasteiger partial charge in [0, 0.05) is 114 Å². The molecule has 0 aliphatic heterocycles. The molecule has 3 aliphatic carbocycles. The molecule has 26 aromatic rings. The van der Waals surface area contributed by atoms with Gasteiger partial charge in [-0.15, -0.1) is 11.3 Å². The van der Waals surface area contributed by atoms with Gasteiger partial charge in [0.25, 0.3) is 0 Å². The van der Waals surface area contributed by atoms with E-state index >= 15 is 0 Å². The van der Waals surface area contributed by atoms with Gasteiger partial charge < -0.3 is 4.57 Å². The third-order valence-corrected chi connectivity index (χ3v) is 31.6. The fourth-order valence-corrected chi connectivity index (χ4v) is 24.3. The van der Waals surface area contributed by atoms with Crippen LogP contribution in [0, 0.1) is 0 Å². The van der Waals surface area contributed by atoms with Crippen molar-refractivity contribution in [1.82, 2.24) is 48.6 Å². The van der Waals surface area contributed by atoms with Gasteiger partial charge >= 0.3 is 0 Å². The molecular formula is C134H94N10S. The smallest absolute Gasteiger partial charge is 0.235 e. The van der Waals surface area contributed by atoms with Crippen molar-refractivity contribution in [3.8, 4) is 152 Å². The minimum atomic E-state index is -0.129. The number of benzene rings is 19. The highest BCUT2D eigenvalue weighted by molar-refractivity contribution is 7.26. The van der Waals surface area contributed by atoms with Crippen molar-refractivity contribution in [3.05, 3.63) is 495 Å². The van der Waals surface area contributed by atoms with Gasteiger partial charge in [-0.3, -0.25) is 9.13 Å². The van der Waals surface area contributed by atoms with Gasteiger partial charge in [-0.25, -0.2) is 34.9 Å². The molecular weight excluding hydrogens is 1780 g/mol.